The predicted octanol–water partition coefficient (Wildman–Crippen LogP) is 3.67. The zero-order valence-corrected chi connectivity index (χ0v) is 15.2. The third-order valence-corrected chi connectivity index (χ3v) is 4.59. The number of pyridine rings is 1. The van der Waals surface area contributed by atoms with E-state index in [-0.39, 0.29) is 17.6 Å². The number of carbonyl (C=O) groups excluding carboxylic acids is 2. The van der Waals surface area contributed by atoms with Crippen molar-refractivity contribution in [3.8, 4) is 5.75 Å². The summed E-state index contributed by atoms with van der Waals surface area (Å²) in [5.74, 6) is -0.146. The Kier molecular flexibility index (Phi) is 5.73. The van der Waals surface area contributed by atoms with Crippen LogP contribution in [0, 0.1) is 0 Å². The normalized spacial score (nSPS) is 14.1. The first-order chi connectivity index (χ1) is 12.6. The number of ether oxygens (including phenoxy) is 1. The molecule has 0 spiro atoms. The van der Waals surface area contributed by atoms with Crippen molar-refractivity contribution in [2.75, 3.05) is 12.4 Å². The number of benzene rings is 1. The van der Waals surface area contributed by atoms with E-state index in [1.54, 1.807) is 24.3 Å². The topological polar surface area (TPSA) is 80.3 Å². The molecule has 2 amide bonds. The van der Waals surface area contributed by atoms with E-state index < -0.39 is 5.91 Å². The van der Waals surface area contributed by atoms with Crippen LogP contribution in [0.4, 0.5) is 5.69 Å². The van der Waals surface area contributed by atoms with Crippen molar-refractivity contribution in [1.82, 2.24) is 10.3 Å². The lowest BCUT2D eigenvalue weighted by Gasteiger charge is -2.13. The zero-order valence-electron chi connectivity index (χ0n) is 14.4. The Morgan fingerprint density at radius 3 is 2.65 bits per heavy atom. The molecule has 6 nitrogen and oxygen atoms in total. The molecule has 1 heterocycles. The Morgan fingerprint density at radius 2 is 1.92 bits per heavy atom. The summed E-state index contributed by atoms with van der Waals surface area (Å²) in [7, 11) is 1.51. The molecule has 0 unspecified atom stereocenters. The van der Waals surface area contributed by atoms with Crippen LogP contribution in [0.3, 0.4) is 0 Å². The van der Waals surface area contributed by atoms with Gasteiger partial charge in [-0.3, -0.25) is 14.6 Å². The van der Waals surface area contributed by atoms with Crippen molar-refractivity contribution in [2.24, 2.45) is 0 Å². The first-order valence-corrected chi connectivity index (χ1v) is 8.86. The van der Waals surface area contributed by atoms with Gasteiger partial charge in [0.05, 0.1) is 12.8 Å². The third-order valence-electron chi connectivity index (χ3n) is 4.35. The Hall–Kier alpha value is -2.60. The number of carbonyl (C=O) groups is 2. The molecular formula is C19H20ClN3O3. The van der Waals surface area contributed by atoms with Gasteiger partial charge in [0.1, 0.15) is 11.4 Å². The van der Waals surface area contributed by atoms with Crippen LogP contribution in [-0.4, -0.2) is 29.9 Å². The molecule has 2 aromatic rings. The highest BCUT2D eigenvalue weighted by molar-refractivity contribution is 6.31. The zero-order chi connectivity index (χ0) is 18.5. The summed E-state index contributed by atoms with van der Waals surface area (Å²) in [5.41, 5.74) is 0.994. The molecule has 2 N–H and O–H groups in total. The van der Waals surface area contributed by atoms with Gasteiger partial charge in [0.15, 0.2) is 0 Å². The van der Waals surface area contributed by atoms with Gasteiger partial charge in [-0.15, -0.1) is 0 Å². The summed E-state index contributed by atoms with van der Waals surface area (Å²) in [6.45, 7) is 0. The van der Waals surface area contributed by atoms with E-state index >= 15 is 0 Å². The van der Waals surface area contributed by atoms with E-state index in [1.165, 1.54) is 19.4 Å². The minimum Gasteiger partial charge on any atom is -0.495 e. The average Bonchev–Trinajstić information content (AvgIpc) is 3.15. The second kappa shape index (κ2) is 8.19. The van der Waals surface area contributed by atoms with E-state index in [4.69, 9.17) is 16.3 Å². The molecule has 0 saturated heterocycles. The summed E-state index contributed by atoms with van der Waals surface area (Å²) >= 11 is 5.98. The van der Waals surface area contributed by atoms with Crippen LogP contribution in [-0.2, 0) is 0 Å². The highest BCUT2D eigenvalue weighted by atomic mass is 35.5. The minimum absolute atomic E-state index is 0.145. The second-order valence-electron chi connectivity index (χ2n) is 6.18. The second-order valence-corrected chi connectivity index (χ2v) is 6.62. The van der Waals surface area contributed by atoms with Crippen molar-refractivity contribution >= 4 is 29.1 Å². The van der Waals surface area contributed by atoms with Crippen LogP contribution in [0.1, 0.15) is 46.5 Å². The molecule has 1 aromatic carbocycles. The lowest BCUT2D eigenvalue weighted by Crippen LogP contribution is -2.32. The monoisotopic (exact) mass is 373 g/mol. The lowest BCUT2D eigenvalue weighted by atomic mass is 10.1. The molecule has 0 bridgehead atoms. The Bertz CT molecular complexity index is 819. The average molecular weight is 374 g/mol. The largest absolute Gasteiger partial charge is 0.495 e. The fourth-order valence-corrected chi connectivity index (χ4v) is 3.17. The molecule has 3 rings (SSSR count). The Labute approximate surface area is 156 Å². The number of methoxy groups -OCH3 is 1. The molecule has 1 aromatic heterocycles. The molecule has 1 fully saturated rings. The molecule has 1 aliphatic rings. The van der Waals surface area contributed by atoms with Crippen LogP contribution in [0.5, 0.6) is 5.75 Å². The van der Waals surface area contributed by atoms with Gasteiger partial charge in [0.2, 0.25) is 0 Å². The smallest absolute Gasteiger partial charge is 0.274 e. The lowest BCUT2D eigenvalue weighted by molar-refractivity contribution is 0.0937. The fourth-order valence-electron chi connectivity index (χ4n) is 3.00. The third kappa shape index (κ3) is 4.32. The molecule has 136 valence electrons. The van der Waals surface area contributed by atoms with Gasteiger partial charge in [-0.2, -0.15) is 0 Å². The fraction of sp³-hybridized carbons (Fsp3) is 0.316. The number of nitrogens with one attached hydrogen (secondary N) is 2. The first kappa shape index (κ1) is 18.2. The highest BCUT2D eigenvalue weighted by Crippen LogP contribution is 2.28. The van der Waals surface area contributed by atoms with Crippen LogP contribution in [0.25, 0.3) is 0 Å². The van der Waals surface area contributed by atoms with Crippen LogP contribution < -0.4 is 15.4 Å². The number of anilines is 1. The van der Waals surface area contributed by atoms with Crippen molar-refractivity contribution < 1.29 is 14.3 Å². The summed E-state index contributed by atoms with van der Waals surface area (Å²) in [6.07, 6.45) is 5.72. The maximum Gasteiger partial charge on any atom is 0.274 e. The van der Waals surface area contributed by atoms with Gasteiger partial charge in [0.25, 0.3) is 11.8 Å². The van der Waals surface area contributed by atoms with Gasteiger partial charge in [-0.25, -0.2) is 0 Å². The summed E-state index contributed by atoms with van der Waals surface area (Å²) < 4.78 is 5.22. The van der Waals surface area contributed by atoms with E-state index in [1.807, 2.05) is 0 Å². The first-order valence-electron chi connectivity index (χ1n) is 8.48. The van der Waals surface area contributed by atoms with Gasteiger partial charge in [-0.05, 0) is 43.2 Å². The molecule has 1 saturated carbocycles. The summed E-state index contributed by atoms with van der Waals surface area (Å²) in [4.78, 5) is 28.9. The minimum atomic E-state index is -0.443. The summed E-state index contributed by atoms with van der Waals surface area (Å²) in [5, 5.41) is 6.19. The quantitative estimate of drug-likeness (QED) is 0.838. The van der Waals surface area contributed by atoms with Crippen molar-refractivity contribution in [3.63, 3.8) is 0 Å². The number of nitrogens with zero attached hydrogens (tertiary/aromatic N) is 1. The van der Waals surface area contributed by atoms with Gasteiger partial charge in [-0.1, -0.05) is 24.4 Å². The van der Waals surface area contributed by atoms with E-state index in [2.05, 4.69) is 15.6 Å². The van der Waals surface area contributed by atoms with Gasteiger partial charge < -0.3 is 15.4 Å². The summed E-state index contributed by atoms with van der Waals surface area (Å²) in [6, 6.07) is 8.22. The molecule has 1 aliphatic carbocycles. The van der Waals surface area contributed by atoms with Crippen LogP contribution >= 0.6 is 11.6 Å². The molecular weight excluding hydrogens is 354 g/mol. The highest BCUT2D eigenvalue weighted by Gasteiger charge is 2.19. The standard InChI is InChI=1S/C19H20ClN3O3/c1-26-17-7-6-13(20)11-15(17)23-19(25)16-10-12(8-9-21-16)18(24)22-14-4-2-3-5-14/h6-11,14H,2-5H2,1H3,(H,22,24)(H,23,25). The van der Waals surface area contributed by atoms with Crippen molar-refractivity contribution in [3.05, 3.63) is 52.8 Å². The predicted molar refractivity (Wildman–Crippen MR) is 99.9 cm³/mol. The maximum atomic E-state index is 12.5. The number of amides is 2. The van der Waals surface area contributed by atoms with E-state index in [0.717, 1.165) is 25.7 Å². The maximum absolute atomic E-state index is 12.5. The number of halogens is 1. The molecule has 0 atom stereocenters. The van der Waals surface area contributed by atoms with Gasteiger partial charge >= 0.3 is 0 Å². The van der Waals surface area contributed by atoms with Crippen molar-refractivity contribution in [2.45, 2.75) is 31.7 Å². The number of hydrogen-bond acceptors (Lipinski definition) is 4. The van der Waals surface area contributed by atoms with Crippen LogP contribution in [0.15, 0.2) is 36.5 Å². The molecule has 0 aliphatic heterocycles. The van der Waals surface area contributed by atoms with Crippen LogP contribution in [0.2, 0.25) is 5.02 Å². The van der Waals surface area contributed by atoms with Gasteiger partial charge in [0, 0.05) is 22.8 Å². The number of rotatable bonds is 5. The SMILES string of the molecule is COc1ccc(Cl)cc1NC(=O)c1cc(C(=O)NC2CCCC2)ccn1. The van der Waals surface area contributed by atoms with Crippen molar-refractivity contribution in [1.29, 1.82) is 0 Å². The molecule has 0 radical (unpaired) electrons. The Balaban J connectivity index is 1.74. The molecule has 26 heavy (non-hydrogen) atoms. The number of aromatic nitrogens is 1. The Morgan fingerprint density at radius 1 is 1.15 bits per heavy atom. The van der Waals surface area contributed by atoms with E-state index in [0.29, 0.717) is 22.0 Å². The molecule has 7 heteroatoms. The number of hydrogen-bond donors (Lipinski definition) is 2. The van der Waals surface area contributed by atoms with E-state index in [9.17, 15) is 9.59 Å².